The van der Waals surface area contributed by atoms with E-state index in [1.54, 1.807) is 13.2 Å². The predicted octanol–water partition coefficient (Wildman–Crippen LogP) is 1.35. The first-order chi connectivity index (χ1) is 10.7. The number of piperidine rings is 1. The number of carbonyl (C=O) groups is 1. The van der Waals surface area contributed by atoms with Crippen LogP contribution in [0.5, 0.6) is 0 Å². The number of rotatable bonds is 5. The molecule has 2 heterocycles. The zero-order valence-electron chi connectivity index (χ0n) is 13.8. The van der Waals surface area contributed by atoms with E-state index in [-0.39, 0.29) is 35.9 Å². The van der Waals surface area contributed by atoms with Crippen LogP contribution >= 0.6 is 24.0 Å². The van der Waals surface area contributed by atoms with Crippen molar-refractivity contribution in [3.05, 3.63) is 18.5 Å². The lowest BCUT2D eigenvalue weighted by Crippen LogP contribution is -2.48. The van der Waals surface area contributed by atoms with E-state index in [0.29, 0.717) is 13.2 Å². The Hall–Kier alpha value is -1.32. The van der Waals surface area contributed by atoms with E-state index in [4.69, 9.17) is 4.74 Å². The molecular weight excluding hydrogens is 409 g/mol. The number of nitrogens with zero attached hydrogens (tertiary/aromatic N) is 4. The van der Waals surface area contributed by atoms with Gasteiger partial charge in [0.25, 0.3) is 0 Å². The summed E-state index contributed by atoms with van der Waals surface area (Å²) in [6.07, 6.45) is 5.56. The molecular formula is C15H26IN5O2. The summed E-state index contributed by atoms with van der Waals surface area (Å²) in [5.41, 5.74) is 0. The number of halogens is 1. The van der Waals surface area contributed by atoms with Gasteiger partial charge in [0.15, 0.2) is 5.96 Å². The molecule has 7 nitrogen and oxygen atoms in total. The SMILES string of the molecule is CCOC(=O)C1CCCN(C(=NC)NCCn2cccn2)C1.I. The predicted molar refractivity (Wildman–Crippen MR) is 99.9 cm³/mol. The van der Waals surface area contributed by atoms with Crippen molar-refractivity contribution in [3.8, 4) is 0 Å². The highest BCUT2D eigenvalue weighted by Gasteiger charge is 2.28. The molecule has 0 saturated carbocycles. The topological polar surface area (TPSA) is 71.8 Å². The number of hydrogen-bond acceptors (Lipinski definition) is 4. The molecule has 2 rings (SSSR count). The maximum atomic E-state index is 11.9. The van der Waals surface area contributed by atoms with Crippen molar-refractivity contribution in [2.75, 3.05) is 33.3 Å². The van der Waals surface area contributed by atoms with E-state index in [1.807, 2.05) is 23.9 Å². The van der Waals surface area contributed by atoms with Gasteiger partial charge in [-0.3, -0.25) is 14.5 Å². The first kappa shape index (κ1) is 19.7. The fourth-order valence-corrected chi connectivity index (χ4v) is 2.67. The van der Waals surface area contributed by atoms with Crippen LogP contribution < -0.4 is 5.32 Å². The van der Waals surface area contributed by atoms with E-state index in [0.717, 1.165) is 38.4 Å². The number of ether oxygens (including phenoxy) is 1. The van der Waals surface area contributed by atoms with Crippen LogP contribution in [0.2, 0.25) is 0 Å². The van der Waals surface area contributed by atoms with Crippen molar-refractivity contribution in [2.24, 2.45) is 10.9 Å². The molecule has 1 aliphatic heterocycles. The van der Waals surface area contributed by atoms with Gasteiger partial charge in [0, 0.05) is 39.1 Å². The molecule has 23 heavy (non-hydrogen) atoms. The molecule has 0 aliphatic carbocycles. The van der Waals surface area contributed by atoms with E-state index in [9.17, 15) is 4.79 Å². The highest BCUT2D eigenvalue weighted by Crippen LogP contribution is 2.17. The molecule has 1 N–H and O–H groups in total. The van der Waals surface area contributed by atoms with Gasteiger partial charge in [0.1, 0.15) is 0 Å². The van der Waals surface area contributed by atoms with Gasteiger partial charge in [-0.05, 0) is 25.8 Å². The van der Waals surface area contributed by atoms with Gasteiger partial charge in [0.05, 0.1) is 19.1 Å². The molecule has 0 spiro atoms. The zero-order chi connectivity index (χ0) is 15.8. The molecule has 0 aromatic carbocycles. The van der Waals surface area contributed by atoms with Gasteiger partial charge in [0.2, 0.25) is 0 Å². The lowest BCUT2D eigenvalue weighted by atomic mass is 9.98. The van der Waals surface area contributed by atoms with E-state index in [1.165, 1.54) is 0 Å². The second-order valence-electron chi connectivity index (χ2n) is 5.28. The fourth-order valence-electron chi connectivity index (χ4n) is 2.67. The van der Waals surface area contributed by atoms with E-state index < -0.39 is 0 Å². The smallest absolute Gasteiger partial charge is 0.310 e. The number of aliphatic imine (C=N–C) groups is 1. The Labute approximate surface area is 154 Å². The molecule has 1 aromatic heterocycles. The van der Waals surface area contributed by atoms with Crippen molar-refractivity contribution < 1.29 is 9.53 Å². The molecule has 1 saturated heterocycles. The molecule has 130 valence electrons. The van der Waals surface area contributed by atoms with Crippen LogP contribution in [0.3, 0.4) is 0 Å². The van der Waals surface area contributed by atoms with Crippen LogP contribution in [0.15, 0.2) is 23.5 Å². The van der Waals surface area contributed by atoms with E-state index in [2.05, 4.69) is 20.3 Å². The third kappa shape index (κ3) is 6.00. The minimum Gasteiger partial charge on any atom is -0.466 e. The van der Waals surface area contributed by atoms with Gasteiger partial charge in [-0.15, -0.1) is 24.0 Å². The average Bonchev–Trinajstić information content (AvgIpc) is 3.05. The Morgan fingerprint density at radius 3 is 3.00 bits per heavy atom. The van der Waals surface area contributed by atoms with Crippen molar-refractivity contribution in [2.45, 2.75) is 26.3 Å². The second-order valence-corrected chi connectivity index (χ2v) is 5.28. The number of aromatic nitrogens is 2. The molecule has 0 amide bonds. The summed E-state index contributed by atoms with van der Waals surface area (Å²) in [5, 5.41) is 7.50. The Morgan fingerprint density at radius 1 is 1.52 bits per heavy atom. The first-order valence-electron chi connectivity index (χ1n) is 7.84. The third-order valence-electron chi connectivity index (χ3n) is 3.74. The molecule has 0 radical (unpaired) electrons. The van der Waals surface area contributed by atoms with Crippen LogP contribution in [0.25, 0.3) is 0 Å². The maximum absolute atomic E-state index is 11.9. The monoisotopic (exact) mass is 435 g/mol. The summed E-state index contributed by atoms with van der Waals surface area (Å²) in [4.78, 5) is 18.4. The molecule has 8 heteroatoms. The summed E-state index contributed by atoms with van der Waals surface area (Å²) in [6, 6.07) is 1.91. The van der Waals surface area contributed by atoms with Crippen molar-refractivity contribution in [1.82, 2.24) is 20.0 Å². The van der Waals surface area contributed by atoms with Crippen molar-refractivity contribution in [1.29, 1.82) is 0 Å². The maximum Gasteiger partial charge on any atom is 0.310 e. The van der Waals surface area contributed by atoms with Gasteiger partial charge in [-0.1, -0.05) is 0 Å². The summed E-state index contributed by atoms with van der Waals surface area (Å²) in [7, 11) is 1.77. The minimum absolute atomic E-state index is 0. The van der Waals surface area contributed by atoms with Crippen LogP contribution in [0.1, 0.15) is 19.8 Å². The van der Waals surface area contributed by atoms with Crippen LogP contribution in [0, 0.1) is 5.92 Å². The van der Waals surface area contributed by atoms with Crippen LogP contribution in [-0.4, -0.2) is 59.9 Å². The van der Waals surface area contributed by atoms with Crippen LogP contribution in [0.4, 0.5) is 0 Å². The number of guanidine groups is 1. The van der Waals surface area contributed by atoms with Gasteiger partial charge in [-0.2, -0.15) is 5.10 Å². The Bertz CT molecular complexity index is 492. The van der Waals surface area contributed by atoms with E-state index >= 15 is 0 Å². The number of esters is 1. The number of likely N-dealkylation sites (tertiary alicyclic amines) is 1. The average molecular weight is 435 g/mol. The summed E-state index contributed by atoms with van der Waals surface area (Å²) >= 11 is 0. The van der Waals surface area contributed by atoms with Gasteiger partial charge < -0.3 is 15.0 Å². The number of nitrogens with one attached hydrogen (secondary N) is 1. The third-order valence-corrected chi connectivity index (χ3v) is 3.74. The second kappa shape index (κ2) is 10.5. The van der Waals surface area contributed by atoms with Crippen molar-refractivity contribution >= 4 is 35.9 Å². The fraction of sp³-hybridized carbons (Fsp3) is 0.667. The summed E-state index contributed by atoms with van der Waals surface area (Å²) in [5.74, 6) is 0.679. The standard InChI is InChI=1S/C15H25N5O2.HI/c1-3-22-14(21)13-6-4-9-19(12-13)15(16-2)17-8-11-20-10-5-7-18-20;/h5,7,10,13H,3-4,6,8-9,11-12H2,1-2H3,(H,16,17);1H. The van der Waals surface area contributed by atoms with Crippen molar-refractivity contribution in [3.63, 3.8) is 0 Å². The lowest BCUT2D eigenvalue weighted by molar-refractivity contribution is -0.149. The largest absolute Gasteiger partial charge is 0.466 e. The minimum atomic E-state index is -0.0980. The highest BCUT2D eigenvalue weighted by atomic mass is 127. The first-order valence-corrected chi connectivity index (χ1v) is 7.84. The zero-order valence-corrected chi connectivity index (χ0v) is 16.1. The normalized spacial score (nSPS) is 18.3. The van der Waals surface area contributed by atoms with Gasteiger partial charge in [-0.25, -0.2) is 0 Å². The number of hydrogen-bond donors (Lipinski definition) is 1. The molecule has 1 fully saturated rings. The lowest BCUT2D eigenvalue weighted by Gasteiger charge is -2.33. The molecule has 0 bridgehead atoms. The highest BCUT2D eigenvalue weighted by molar-refractivity contribution is 14.0. The quantitative estimate of drug-likeness (QED) is 0.327. The van der Waals surface area contributed by atoms with Crippen LogP contribution in [-0.2, 0) is 16.1 Å². The Balaban J connectivity index is 0.00000264. The number of carbonyl (C=O) groups excluding carboxylic acids is 1. The summed E-state index contributed by atoms with van der Waals surface area (Å²) < 4.78 is 7.01. The Kier molecular flexibility index (Phi) is 8.97. The molecule has 1 unspecified atom stereocenters. The molecule has 1 atom stereocenters. The molecule has 1 aromatic rings. The molecule has 1 aliphatic rings. The van der Waals surface area contributed by atoms with Gasteiger partial charge >= 0.3 is 5.97 Å². The Morgan fingerprint density at radius 2 is 2.35 bits per heavy atom. The summed E-state index contributed by atoms with van der Waals surface area (Å²) in [6.45, 7) is 5.38.